The maximum Gasteiger partial charge on any atom is 0.469 e. The molecule has 0 aliphatic rings. The van der Waals surface area contributed by atoms with Crippen molar-refractivity contribution in [2.75, 3.05) is 34.3 Å². The number of hydrogen-bond acceptors (Lipinski definition) is 2. The van der Waals surface area contributed by atoms with Crippen molar-refractivity contribution in [1.82, 2.24) is 0 Å². The van der Waals surface area contributed by atoms with E-state index in [1.54, 1.807) is 0 Å². The standard InChI is InChI=1S/C13H30N.C12H27O4P/c1-5-6-7-8-9-10-11-12-13-14(2,3)4;1-2-3-4-5-6-7-8-9-10-11-12-16-17(13,14)15/h5-13H2,1-4H3;2-12H2,1H3,(H2,13,14,15)/q+1;. The zero-order chi connectivity index (χ0) is 23.8. The minimum Gasteiger partial charge on any atom is -0.331 e. The Morgan fingerprint density at radius 2 is 0.903 bits per heavy atom. The second-order valence-corrected chi connectivity index (χ2v) is 11.2. The van der Waals surface area contributed by atoms with Crippen LogP contribution in [0.4, 0.5) is 0 Å². The second-order valence-electron chi connectivity index (χ2n) is 9.99. The van der Waals surface area contributed by atoms with Crippen molar-refractivity contribution in [3.05, 3.63) is 0 Å². The number of nitrogens with zero attached hydrogens (tertiary/aromatic N) is 1. The Bertz CT molecular complexity index is 393. The highest BCUT2D eigenvalue weighted by Crippen LogP contribution is 2.35. The monoisotopic (exact) mass is 466 g/mol. The minimum absolute atomic E-state index is 0.167. The van der Waals surface area contributed by atoms with Crippen molar-refractivity contribution in [3.63, 3.8) is 0 Å². The van der Waals surface area contributed by atoms with Crippen molar-refractivity contribution in [2.24, 2.45) is 0 Å². The SMILES string of the molecule is CCCCCCCCCCCCOP(=O)(O)O.CCCCCCCCCC[N+](C)(C)C. The van der Waals surface area contributed by atoms with Crippen LogP contribution in [-0.2, 0) is 9.09 Å². The second kappa shape index (κ2) is 23.2. The van der Waals surface area contributed by atoms with Crippen LogP contribution < -0.4 is 0 Å². The molecule has 2 N–H and O–H groups in total. The lowest BCUT2D eigenvalue weighted by Crippen LogP contribution is -2.35. The summed E-state index contributed by atoms with van der Waals surface area (Å²) in [6.07, 6.45) is 23.5. The molecule has 0 aromatic heterocycles. The Hall–Kier alpha value is 0.0700. The molecule has 0 aliphatic heterocycles. The largest absolute Gasteiger partial charge is 0.469 e. The molecule has 190 valence electrons. The molecule has 0 radical (unpaired) electrons. The predicted molar refractivity (Wildman–Crippen MR) is 135 cm³/mol. The molecule has 0 aromatic carbocycles. The van der Waals surface area contributed by atoms with Crippen molar-refractivity contribution in [2.45, 2.75) is 129 Å². The molecule has 0 fully saturated rings. The van der Waals surface area contributed by atoms with Crippen molar-refractivity contribution in [3.8, 4) is 0 Å². The fourth-order valence-electron chi connectivity index (χ4n) is 3.49. The van der Waals surface area contributed by atoms with Gasteiger partial charge in [-0.25, -0.2) is 4.57 Å². The van der Waals surface area contributed by atoms with E-state index in [9.17, 15) is 4.57 Å². The van der Waals surface area contributed by atoms with Gasteiger partial charge in [-0.05, 0) is 19.3 Å². The van der Waals surface area contributed by atoms with E-state index in [1.165, 1.54) is 103 Å². The quantitative estimate of drug-likeness (QED) is 0.103. The Balaban J connectivity index is 0. The molecule has 6 heteroatoms. The first kappa shape index (κ1) is 33.2. The third-order valence-electron chi connectivity index (χ3n) is 5.44. The first-order valence-electron chi connectivity index (χ1n) is 13.1. The van der Waals surface area contributed by atoms with Gasteiger partial charge in [0, 0.05) is 0 Å². The molecule has 0 saturated heterocycles. The maximum absolute atomic E-state index is 10.4. The van der Waals surface area contributed by atoms with E-state index >= 15 is 0 Å². The summed E-state index contributed by atoms with van der Waals surface area (Å²) in [5.41, 5.74) is 0. The molecular weight excluding hydrogens is 409 g/mol. The zero-order valence-corrected chi connectivity index (χ0v) is 22.6. The highest BCUT2D eigenvalue weighted by molar-refractivity contribution is 7.46. The molecule has 31 heavy (non-hydrogen) atoms. The summed E-state index contributed by atoms with van der Waals surface area (Å²) in [5, 5.41) is 0. The summed E-state index contributed by atoms with van der Waals surface area (Å²) in [5.74, 6) is 0. The average Bonchev–Trinajstić information content (AvgIpc) is 2.67. The fraction of sp³-hybridized carbons (Fsp3) is 1.00. The molecule has 0 bridgehead atoms. The average molecular weight is 467 g/mol. The number of unbranched alkanes of at least 4 members (excludes halogenated alkanes) is 16. The van der Waals surface area contributed by atoms with Gasteiger partial charge in [-0.2, -0.15) is 0 Å². The number of quaternary nitrogens is 1. The van der Waals surface area contributed by atoms with Crippen molar-refractivity contribution < 1.29 is 23.4 Å². The molecule has 0 atom stereocenters. The number of hydrogen-bond donors (Lipinski definition) is 2. The van der Waals surface area contributed by atoms with E-state index in [0.717, 1.165) is 23.7 Å². The van der Waals surface area contributed by atoms with Crippen LogP contribution in [0.2, 0.25) is 0 Å². The number of phosphoric ester groups is 1. The van der Waals surface area contributed by atoms with Crippen molar-refractivity contribution >= 4 is 7.82 Å². The maximum atomic E-state index is 10.4. The lowest BCUT2D eigenvalue weighted by atomic mass is 10.1. The molecule has 0 amide bonds. The molecule has 5 nitrogen and oxygen atoms in total. The Morgan fingerprint density at radius 3 is 1.23 bits per heavy atom. The van der Waals surface area contributed by atoms with Gasteiger partial charge < -0.3 is 14.3 Å². The number of phosphoric acid groups is 1. The molecular formula is C25H57NO4P+. The van der Waals surface area contributed by atoms with Gasteiger partial charge in [0.05, 0.1) is 34.3 Å². The van der Waals surface area contributed by atoms with Crippen molar-refractivity contribution in [1.29, 1.82) is 0 Å². The minimum atomic E-state index is -4.24. The lowest BCUT2D eigenvalue weighted by Gasteiger charge is -2.23. The predicted octanol–water partition coefficient (Wildman–Crippen LogP) is 7.85. The summed E-state index contributed by atoms with van der Waals surface area (Å²) < 4.78 is 15.9. The summed E-state index contributed by atoms with van der Waals surface area (Å²) >= 11 is 0. The van der Waals surface area contributed by atoms with Crippen LogP contribution in [0.5, 0.6) is 0 Å². The highest BCUT2D eigenvalue weighted by atomic mass is 31.2. The lowest BCUT2D eigenvalue weighted by molar-refractivity contribution is -0.870. The van der Waals surface area contributed by atoms with E-state index < -0.39 is 7.82 Å². The summed E-state index contributed by atoms with van der Waals surface area (Å²) in [4.78, 5) is 16.9. The van der Waals surface area contributed by atoms with Gasteiger partial charge in [-0.15, -0.1) is 0 Å². The van der Waals surface area contributed by atoms with E-state index in [1.807, 2.05) is 0 Å². The fourth-order valence-corrected chi connectivity index (χ4v) is 3.86. The van der Waals surface area contributed by atoms with Gasteiger partial charge in [-0.1, -0.05) is 110 Å². The van der Waals surface area contributed by atoms with Crippen LogP contribution in [0.25, 0.3) is 0 Å². The summed E-state index contributed by atoms with van der Waals surface area (Å²) in [6, 6.07) is 0. The van der Waals surface area contributed by atoms with Crippen LogP contribution in [0, 0.1) is 0 Å². The highest BCUT2D eigenvalue weighted by Gasteiger charge is 2.12. The van der Waals surface area contributed by atoms with E-state index in [0.29, 0.717) is 0 Å². The Morgan fingerprint density at radius 1 is 0.581 bits per heavy atom. The van der Waals surface area contributed by atoms with Gasteiger partial charge in [0.1, 0.15) is 0 Å². The topological polar surface area (TPSA) is 66.8 Å². The van der Waals surface area contributed by atoms with Crippen LogP contribution in [0.15, 0.2) is 0 Å². The molecule has 0 aliphatic carbocycles. The van der Waals surface area contributed by atoms with Gasteiger partial charge in [0.15, 0.2) is 0 Å². The van der Waals surface area contributed by atoms with Crippen LogP contribution >= 0.6 is 7.82 Å². The smallest absolute Gasteiger partial charge is 0.331 e. The third kappa shape index (κ3) is 37.7. The third-order valence-corrected chi connectivity index (χ3v) is 5.96. The summed E-state index contributed by atoms with van der Waals surface area (Å²) in [7, 11) is 2.59. The Kier molecular flexibility index (Phi) is 24.9. The first-order valence-corrected chi connectivity index (χ1v) is 14.7. The molecule has 0 spiro atoms. The van der Waals surface area contributed by atoms with E-state index in [2.05, 4.69) is 39.5 Å². The van der Waals surface area contributed by atoms with Gasteiger partial charge in [0.25, 0.3) is 0 Å². The molecule has 0 unspecified atom stereocenters. The van der Waals surface area contributed by atoms with Crippen LogP contribution in [0.1, 0.15) is 129 Å². The van der Waals surface area contributed by atoms with Crippen LogP contribution in [0.3, 0.4) is 0 Å². The molecule has 0 saturated carbocycles. The van der Waals surface area contributed by atoms with Gasteiger partial charge >= 0.3 is 7.82 Å². The van der Waals surface area contributed by atoms with E-state index in [4.69, 9.17) is 9.79 Å². The van der Waals surface area contributed by atoms with Crippen LogP contribution in [-0.4, -0.2) is 48.6 Å². The first-order chi connectivity index (χ1) is 14.6. The molecule has 0 heterocycles. The molecule has 0 rings (SSSR count). The number of rotatable bonds is 21. The molecule has 0 aromatic rings. The normalized spacial score (nSPS) is 12.0. The van der Waals surface area contributed by atoms with E-state index in [-0.39, 0.29) is 6.61 Å². The zero-order valence-electron chi connectivity index (χ0n) is 21.7. The Labute approximate surface area is 195 Å². The summed E-state index contributed by atoms with van der Waals surface area (Å²) in [6.45, 7) is 6.00. The van der Waals surface area contributed by atoms with Gasteiger partial charge in [-0.3, -0.25) is 4.52 Å². The van der Waals surface area contributed by atoms with Gasteiger partial charge in [0.2, 0.25) is 0 Å².